The monoisotopic (exact) mass is 405 g/mol. The molecule has 1 aromatic carbocycles. The lowest BCUT2D eigenvalue weighted by molar-refractivity contribution is -0.144. The molecular weight excluding hydrogens is 386 g/mol. The van der Waals surface area contributed by atoms with Gasteiger partial charge in [-0.2, -0.15) is 0 Å². The predicted octanol–water partition coefficient (Wildman–Crippen LogP) is 1.83. The van der Waals surface area contributed by atoms with E-state index in [4.69, 9.17) is 9.47 Å². The number of esters is 1. The molecule has 0 amide bonds. The van der Waals surface area contributed by atoms with E-state index in [1.165, 1.54) is 10.8 Å². The molecule has 1 aliphatic heterocycles. The van der Waals surface area contributed by atoms with Crippen LogP contribution in [0.4, 0.5) is 0 Å². The quantitative estimate of drug-likeness (QED) is 0.602. The van der Waals surface area contributed by atoms with E-state index in [0.717, 1.165) is 15.7 Å². The molecule has 4 rings (SSSR count). The molecule has 0 fully saturated rings. The molecule has 0 radical (unpaired) electrons. The van der Waals surface area contributed by atoms with Gasteiger partial charge in [-0.1, -0.05) is 30.3 Å². The van der Waals surface area contributed by atoms with E-state index >= 15 is 0 Å². The van der Waals surface area contributed by atoms with E-state index in [0.29, 0.717) is 11.3 Å². The fourth-order valence-electron chi connectivity index (χ4n) is 3.17. The molecule has 0 spiro atoms. The first kappa shape index (κ1) is 19.4. The Hall–Kier alpha value is -3.94. The number of hydrogen-bond acceptors (Lipinski definition) is 6. The van der Waals surface area contributed by atoms with Crippen molar-refractivity contribution < 1.29 is 14.3 Å². The Labute approximate surface area is 171 Å². The average molecular weight is 405 g/mol. The van der Waals surface area contributed by atoms with Gasteiger partial charge in [0.15, 0.2) is 0 Å². The maximum atomic E-state index is 13.0. The number of pyridine rings is 1. The minimum absolute atomic E-state index is 0.0519. The highest BCUT2D eigenvalue weighted by Gasteiger charge is 2.24. The van der Waals surface area contributed by atoms with Gasteiger partial charge in [-0.3, -0.25) is 18.9 Å². The van der Waals surface area contributed by atoms with Crippen LogP contribution in [0.3, 0.4) is 0 Å². The largest absolute Gasteiger partial charge is 0.479 e. The average Bonchev–Trinajstić information content (AvgIpc) is 2.80. The van der Waals surface area contributed by atoms with Crippen LogP contribution in [-0.2, 0) is 34.0 Å². The Kier molecular flexibility index (Phi) is 5.30. The molecule has 8 nitrogen and oxygen atoms in total. The van der Waals surface area contributed by atoms with E-state index in [2.05, 4.69) is 4.98 Å². The van der Waals surface area contributed by atoms with Gasteiger partial charge in [0.25, 0.3) is 5.56 Å². The fraction of sp³-hybridized carbons (Fsp3) is 0.182. The first-order chi connectivity index (χ1) is 14.5. The number of fused-ring (bicyclic) bond motifs is 1. The molecule has 3 heterocycles. The van der Waals surface area contributed by atoms with Gasteiger partial charge in [0, 0.05) is 18.0 Å². The molecule has 30 heavy (non-hydrogen) atoms. The third-order valence-electron chi connectivity index (χ3n) is 4.84. The van der Waals surface area contributed by atoms with Crippen molar-refractivity contribution in [1.82, 2.24) is 14.1 Å². The van der Waals surface area contributed by atoms with Crippen LogP contribution in [-0.4, -0.2) is 20.1 Å². The summed E-state index contributed by atoms with van der Waals surface area (Å²) in [6.07, 6.45) is 4.48. The zero-order chi connectivity index (χ0) is 21.1. The van der Waals surface area contributed by atoms with Crippen molar-refractivity contribution in [3.8, 4) is 0 Å². The summed E-state index contributed by atoms with van der Waals surface area (Å²) in [7, 11) is 0. The summed E-state index contributed by atoms with van der Waals surface area (Å²) in [5.74, 6) is -0.786. The Morgan fingerprint density at radius 3 is 2.57 bits per heavy atom. The number of ether oxygens (including phenoxy) is 2. The van der Waals surface area contributed by atoms with Crippen molar-refractivity contribution in [2.75, 3.05) is 0 Å². The number of carbonyl (C=O) groups excluding carboxylic acids is 1. The lowest BCUT2D eigenvalue weighted by Crippen LogP contribution is -2.43. The molecular formula is C22H19N3O5. The molecule has 3 aromatic rings. The highest BCUT2D eigenvalue weighted by molar-refractivity contribution is 5.89. The zero-order valence-corrected chi connectivity index (χ0v) is 16.3. The lowest BCUT2D eigenvalue weighted by Gasteiger charge is -2.21. The van der Waals surface area contributed by atoms with Gasteiger partial charge in [0.2, 0.25) is 5.76 Å². The van der Waals surface area contributed by atoms with Gasteiger partial charge in [0.1, 0.15) is 13.2 Å². The summed E-state index contributed by atoms with van der Waals surface area (Å²) in [4.78, 5) is 42.0. The SMILES string of the molecule is Cc1c2n(c(=O)n(Cc3ccccc3)c1=O)C=C(C(=O)OCc1ccncc1)OC2. The molecule has 0 saturated heterocycles. The van der Waals surface area contributed by atoms with Crippen LogP contribution in [0.1, 0.15) is 22.4 Å². The number of benzene rings is 1. The molecule has 0 unspecified atom stereocenters. The van der Waals surface area contributed by atoms with Crippen molar-refractivity contribution in [2.24, 2.45) is 0 Å². The van der Waals surface area contributed by atoms with E-state index in [9.17, 15) is 14.4 Å². The molecule has 152 valence electrons. The number of hydrogen-bond donors (Lipinski definition) is 0. The number of rotatable bonds is 5. The van der Waals surface area contributed by atoms with Crippen LogP contribution in [0, 0.1) is 6.92 Å². The number of aromatic nitrogens is 3. The van der Waals surface area contributed by atoms with Gasteiger partial charge in [-0.05, 0) is 30.2 Å². The number of carbonyl (C=O) groups is 1. The molecule has 0 N–H and O–H groups in total. The molecule has 0 saturated carbocycles. The van der Waals surface area contributed by atoms with Crippen LogP contribution >= 0.6 is 0 Å². The normalized spacial score (nSPS) is 12.5. The fourth-order valence-corrected chi connectivity index (χ4v) is 3.17. The van der Waals surface area contributed by atoms with Crippen molar-refractivity contribution in [1.29, 1.82) is 0 Å². The van der Waals surface area contributed by atoms with Crippen molar-refractivity contribution in [2.45, 2.75) is 26.7 Å². The smallest absolute Gasteiger partial charge is 0.375 e. The Balaban J connectivity index is 1.64. The van der Waals surface area contributed by atoms with Gasteiger partial charge in [0.05, 0.1) is 18.4 Å². The summed E-state index contributed by atoms with van der Waals surface area (Å²) in [5.41, 5.74) is 1.50. The first-order valence-corrected chi connectivity index (χ1v) is 9.34. The zero-order valence-electron chi connectivity index (χ0n) is 16.3. The maximum Gasteiger partial charge on any atom is 0.375 e. The van der Waals surface area contributed by atoms with Gasteiger partial charge < -0.3 is 9.47 Å². The van der Waals surface area contributed by atoms with Gasteiger partial charge in [-0.15, -0.1) is 0 Å². The summed E-state index contributed by atoms with van der Waals surface area (Å²) in [6.45, 7) is 1.75. The molecule has 8 heteroatoms. The molecule has 0 aliphatic carbocycles. The second-order valence-electron chi connectivity index (χ2n) is 6.81. The predicted molar refractivity (Wildman–Crippen MR) is 108 cm³/mol. The summed E-state index contributed by atoms with van der Waals surface area (Å²) >= 11 is 0. The Morgan fingerprint density at radius 1 is 1.10 bits per heavy atom. The minimum atomic E-state index is -0.692. The van der Waals surface area contributed by atoms with Crippen molar-refractivity contribution in [3.05, 3.63) is 104 Å². The molecule has 0 bridgehead atoms. The maximum absolute atomic E-state index is 13.0. The van der Waals surface area contributed by atoms with Crippen molar-refractivity contribution in [3.63, 3.8) is 0 Å². The Bertz CT molecular complexity index is 1230. The molecule has 0 atom stereocenters. The molecule has 2 aromatic heterocycles. The second kappa shape index (κ2) is 8.20. The second-order valence-corrected chi connectivity index (χ2v) is 6.81. The third kappa shape index (κ3) is 3.80. The highest BCUT2D eigenvalue weighted by Crippen LogP contribution is 2.17. The van der Waals surface area contributed by atoms with Crippen LogP contribution in [0.2, 0.25) is 0 Å². The highest BCUT2D eigenvalue weighted by atomic mass is 16.6. The van der Waals surface area contributed by atoms with Crippen LogP contribution in [0.5, 0.6) is 0 Å². The van der Waals surface area contributed by atoms with Crippen LogP contribution in [0.25, 0.3) is 6.20 Å². The first-order valence-electron chi connectivity index (χ1n) is 9.34. The minimum Gasteiger partial charge on any atom is -0.479 e. The molecule has 1 aliphatic rings. The van der Waals surface area contributed by atoms with Gasteiger partial charge >= 0.3 is 11.7 Å². The summed E-state index contributed by atoms with van der Waals surface area (Å²) in [5, 5.41) is 0. The third-order valence-corrected chi connectivity index (χ3v) is 4.84. The van der Waals surface area contributed by atoms with E-state index in [1.807, 2.05) is 30.3 Å². The van der Waals surface area contributed by atoms with Crippen LogP contribution < -0.4 is 11.2 Å². The summed E-state index contributed by atoms with van der Waals surface area (Å²) in [6, 6.07) is 12.7. The number of nitrogens with zero attached hydrogens (tertiary/aromatic N) is 3. The van der Waals surface area contributed by atoms with E-state index < -0.39 is 11.7 Å². The van der Waals surface area contributed by atoms with E-state index in [1.54, 1.807) is 31.5 Å². The van der Waals surface area contributed by atoms with Crippen LogP contribution in [0.15, 0.2) is 70.2 Å². The topological polar surface area (TPSA) is 92.4 Å². The summed E-state index contributed by atoms with van der Waals surface area (Å²) < 4.78 is 13.2. The van der Waals surface area contributed by atoms with Crippen molar-refractivity contribution >= 4 is 12.2 Å². The van der Waals surface area contributed by atoms with Gasteiger partial charge in [-0.25, -0.2) is 9.59 Å². The standard InChI is InChI=1S/C22H19N3O5/c1-15-18-14-29-19(21(27)30-13-17-7-9-23-10-8-17)12-24(18)22(28)25(20(15)26)11-16-5-3-2-4-6-16/h2-10,12H,11,13-14H2,1H3. The van der Waals surface area contributed by atoms with E-state index in [-0.39, 0.29) is 31.1 Å². The Morgan fingerprint density at radius 2 is 1.83 bits per heavy atom. The lowest BCUT2D eigenvalue weighted by atomic mass is 10.2.